The minimum Gasteiger partial charge on any atom is -0.490 e. The van der Waals surface area contributed by atoms with E-state index < -0.39 is 23.5 Å². The molecule has 0 heterocycles. The lowest BCUT2D eigenvalue weighted by Gasteiger charge is -2.12. The number of nitrogens with zero attached hydrogens (tertiary/aromatic N) is 1. The quantitative estimate of drug-likeness (QED) is 0.445. The summed E-state index contributed by atoms with van der Waals surface area (Å²) in [6.07, 6.45) is 1.44. The van der Waals surface area contributed by atoms with Gasteiger partial charge in [-0.05, 0) is 45.0 Å². The molecule has 2 amide bonds. The van der Waals surface area contributed by atoms with Crippen molar-refractivity contribution in [3.8, 4) is 5.75 Å². The van der Waals surface area contributed by atoms with Gasteiger partial charge in [0.1, 0.15) is 17.5 Å². The van der Waals surface area contributed by atoms with E-state index in [0.29, 0.717) is 11.3 Å². The third-order valence-corrected chi connectivity index (χ3v) is 3.58. The van der Waals surface area contributed by atoms with Gasteiger partial charge in [-0.15, -0.1) is 0 Å². The molecule has 27 heavy (non-hydrogen) atoms. The van der Waals surface area contributed by atoms with Crippen LogP contribution in [-0.4, -0.2) is 24.1 Å². The highest BCUT2D eigenvalue weighted by Gasteiger charge is 2.22. The Morgan fingerprint density at radius 2 is 1.70 bits per heavy atom. The van der Waals surface area contributed by atoms with Crippen LogP contribution < -0.4 is 15.5 Å². The topological polar surface area (TPSA) is 79.8 Å². The highest BCUT2D eigenvalue weighted by atomic mass is 19.1. The molecule has 0 bridgehead atoms. The number of carbonyl (C=O) groups is 2. The van der Waals surface area contributed by atoms with Crippen molar-refractivity contribution in [1.82, 2.24) is 5.43 Å². The van der Waals surface area contributed by atoms with E-state index in [1.54, 1.807) is 18.2 Å². The average molecular weight is 371 g/mol. The third-order valence-electron chi connectivity index (χ3n) is 3.58. The second kappa shape index (κ2) is 9.47. The maximum absolute atomic E-state index is 13.6. The molecule has 0 aliphatic heterocycles. The van der Waals surface area contributed by atoms with Crippen molar-refractivity contribution >= 4 is 23.7 Å². The summed E-state index contributed by atoms with van der Waals surface area (Å²) in [6.45, 7) is 5.23. The van der Waals surface area contributed by atoms with E-state index >= 15 is 0 Å². The van der Waals surface area contributed by atoms with Crippen LogP contribution in [0.1, 0.15) is 26.3 Å². The van der Waals surface area contributed by atoms with Crippen molar-refractivity contribution in [3.05, 3.63) is 59.9 Å². The molecule has 0 aromatic heterocycles. The summed E-state index contributed by atoms with van der Waals surface area (Å²) in [4.78, 5) is 24.2. The van der Waals surface area contributed by atoms with Crippen molar-refractivity contribution in [2.24, 2.45) is 11.0 Å². The molecule has 6 nitrogen and oxygen atoms in total. The first-order chi connectivity index (χ1) is 12.9. The van der Waals surface area contributed by atoms with Gasteiger partial charge in [0.2, 0.25) is 5.91 Å². The van der Waals surface area contributed by atoms with Crippen LogP contribution in [0.15, 0.2) is 53.6 Å². The van der Waals surface area contributed by atoms with E-state index in [1.165, 1.54) is 31.3 Å². The fourth-order valence-electron chi connectivity index (χ4n) is 2.13. The second-order valence-corrected chi connectivity index (χ2v) is 6.13. The van der Waals surface area contributed by atoms with Gasteiger partial charge in [0.25, 0.3) is 5.91 Å². The molecule has 2 N–H and O–H groups in total. The van der Waals surface area contributed by atoms with E-state index in [-0.39, 0.29) is 11.8 Å². The summed E-state index contributed by atoms with van der Waals surface area (Å²) >= 11 is 0. The highest BCUT2D eigenvalue weighted by molar-refractivity contribution is 6.06. The molecular weight excluding hydrogens is 349 g/mol. The number of hydrazone groups is 1. The largest absolute Gasteiger partial charge is 0.490 e. The van der Waals surface area contributed by atoms with E-state index in [4.69, 9.17) is 4.74 Å². The lowest BCUT2D eigenvalue weighted by molar-refractivity contribution is -0.131. The summed E-state index contributed by atoms with van der Waals surface area (Å²) in [5.74, 6) is -2.23. The molecule has 2 aromatic rings. The van der Waals surface area contributed by atoms with Crippen molar-refractivity contribution in [3.63, 3.8) is 0 Å². The SMILES string of the molecule is CC(C)Oc1ccccc1C=NNC(=O)C(C)C(=O)Nc1ccccc1F. The van der Waals surface area contributed by atoms with Gasteiger partial charge >= 0.3 is 0 Å². The van der Waals surface area contributed by atoms with Crippen molar-refractivity contribution in [2.45, 2.75) is 26.9 Å². The maximum atomic E-state index is 13.6. The molecule has 0 spiro atoms. The Balaban J connectivity index is 1.96. The molecule has 0 saturated carbocycles. The number of nitrogens with one attached hydrogen (secondary N) is 2. The Labute approximate surface area is 157 Å². The fourth-order valence-corrected chi connectivity index (χ4v) is 2.13. The van der Waals surface area contributed by atoms with Gasteiger partial charge in [0.05, 0.1) is 18.0 Å². The maximum Gasteiger partial charge on any atom is 0.252 e. The Morgan fingerprint density at radius 1 is 1.04 bits per heavy atom. The van der Waals surface area contributed by atoms with Gasteiger partial charge in [0, 0.05) is 5.56 Å². The number of ether oxygens (including phenoxy) is 1. The predicted molar refractivity (Wildman–Crippen MR) is 102 cm³/mol. The summed E-state index contributed by atoms with van der Waals surface area (Å²) in [5, 5.41) is 6.26. The number of rotatable bonds is 7. The number of amides is 2. The second-order valence-electron chi connectivity index (χ2n) is 6.13. The van der Waals surface area contributed by atoms with Crippen molar-refractivity contribution in [2.75, 3.05) is 5.32 Å². The molecular formula is C20H22FN3O3. The summed E-state index contributed by atoms with van der Waals surface area (Å²) in [6, 6.07) is 13.0. The van der Waals surface area contributed by atoms with E-state index in [9.17, 15) is 14.0 Å². The zero-order valence-electron chi connectivity index (χ0n) is 15.4. The predicted octanol–water partition coefficient (Wildman–Crippen LogP) is 3.34. The molecule has 142 valence electrons. The van der Waals surface area contributed by atoms with Gasteiger partial charge in [-0.25, -0.2) is 9.82 Å². The van der Waals surface area contributed by atoms with Crippen LogP contribution in [0.25, 0.3) is 0 Å². The Morgan fingerprint density at radius 3 is 2.41 bits per heavy atom. The zero-order valence-corrected chi connectivity index (χ0v) is 15.4. The number of benzene rings is 2. The molecule has 0 saturated heterocycles. The zero-order chi connectivity index (χ0) is 19.8. The molecule has 2 aromatic carbocycles. The molecule has 0 aliphatic rings. The first kappa shape index (κ1) is 20.1. The third kappa shape index (κ3) is 5.91. The van der Waals surface area contributed by atoms with Gasteiger partial charge < -0.3 is 10.1 Å². The molecule has 2 rings (SSSR count). The van der Waals surface area contributed by atoms with E-state index in [1.807, 2.05) is 26.0 Å². The number of para-hydroxylation sites is 2. The molecule has 0 aliphatic carbocycles. The lowest BCUT2D eigenvalue weighted by atomic mass is 10.1. The summed E-state index contributed by atoms with van der Waals surface area (Å²) in [5.41, 5.74) is 3.02. The molecule has 7 heteroatoms. The van der Waals surface area contributed by atoms with Crippen LogP contribution in [0.4, 0.5) is 10.1 Å². The molecule has 0 fully saturated rings. The van der Waals surface area contributed by atoms with Gasteiger partial charge in [-0.1, -0.05) is 24.3 Å². The van der Waals surface area contributed by atoms with Crippen LogP contribution in [0.5, 0.6) is 5.75 Å². The average Bonchev–Trinajstić information content (AvgIpc) is 2.63. The van der Waals surface area contributed by atoms with Crippen LogP contribution in [0, 0.1) is 11.7 Å². The fraction of sp³-hybridized carbons (Fsp3) is 0.250. The van der Waals surface area contributed by atoms with E-state index in [2.05, 4.69) is 15.8 Å². The summed E-state index contributed by atoms with van der Waals surface area (Å²) < 4.78 is 19.2. The van der Waals surface area contributed by atoms with Gasteiger partial charge in [-0.3, -0.25) is 9.59 Å². The lowest BCUT2D eigenvalue weighted by Crippen LogP contribution is -2.34. The van der Waals surface area contributed by atoms with Crippen LogP contribution in [0.3, 0.4) is 0 Å². The van der Waals surface area contributed by atoms with Crippen molar-refractivity contribution in [1.29, 1.82) is 0 Å². The molecule has 0 radical (unpaired) electrons. The molecule has 1 atom stereocenters. The van der Waals surface area contributed by atoms with Crippen LogP contribution in [-0.2, 0) is 9.59 Å². The normalized spacial score (nSPS) is 12.0. The minimum absolute atomic E-state index is 0.00348. The first-order valence-electron chi connectivity index (χ1n) is 8.52. The van der Waals surface area contributed by atoms with Crippen LogP contribution in [0.2, 0.25) is 0 Å². The number of carbonyl (C=O) groups excluding carboxylic acids is 2. The van der Waals surface area contributed by atoms with Crippen LogP contribution >= 0.6 is 0 Å². The number of hydrogen-bond donors (Lipinski definition) is 2. The summed E-state index contributed by atoms with van der Waals surface area (Å²) in [7, 11) is 0. The number of halogens is 1. The monoisotopic (exact) mass is 371 g/mol. The Kier molecular flexibility index (Phi) is 7.05. The highest BCUT2D eigenvalue weighted by Crippen LogP contribution is 2.17. The standard InChI is InChI=1S/C20H22FN3O3/c1-13(2)27-18-11-7-4-8-15(18)12-22-24-20(26)14(3)19(25)23-17-10-6-5-9-16(17)21/h4-14H,1-3H3,(H,23,25)(H,24,26). The van der Waals surface area contributed by atoms with Gasteiger partial charge in [-0.2, -0.15) is 5.10 Å². The Bertz CT molecular complexity index is 837. The molecule has 1 unspecified atom stereocenters. The number of anilines is 1. The number of hydrogen-bond acceptors (Lipinski definition) is 4. The smallest absolute Gasteiger partial charge is 0.252 e. The van der Waals surface area contributed by atoms with Gasteiger partial charge in [0.15, 0.2) is 0 Å². The van der Waals surface area contributed by atoms with E-state index in [0.717, 1.165) is 0 Å². The Hall–Kier alpha value is -3.22. The van der Waals surface area contributed by atoms with Crippen molar-refractivity contribution < 1.29 is 18.7 Å². The minimum atomic E-state index is -1.05. The first-order valence-corrected chi connectivity index (χ1v) is 8.52.